The quantitative estimate of drug-likeness (QED) is 0.169. The van der Waals surface area contributed by atoms with Crippen molar-refractivity contribution in [3.63, 3.8) is 0 Å². The molecule has 6 rings (SSSR count). The molecule has 0 saturated carbocycles. The van der Waals surface area contributed by atoms with Gasteiger partial charge >= 0.3 is 6.18 Å². The average molecular weight is 630 g/mol. The summed E-state index contributed by atoms with van der Waals surface area (Å²) in [5.74, 6) is -1.66. The Hall–Kier alpha value is -4.70. The van der Waals surface area contributed by atoms with Crippen molar-refractivity contribution in [3.8, 4) is 0 Å². The number of alkyl halides is 3. The molecular formula is C35H30F3N3O3S. The highest BCUT2D eigenvalue weighted by atomic mass is 32.1. The molecule has 0 atom stereocenters. The van der Waals surface area contributed by atoms with E-state index in [-0.39, 0.29) is 22.7 Å². The Balaban J connectivity index is 1.43. The summed E-state index contributed by atoms with van der Waals surface area (Å²) in [5.41, 5.74) is 2.15. The Morgan fingerprint density at radius 2 is 1.64 bits per heavy atom. The van der Waals surface area contributed by atoms with Crippen LogP contribution in [0.5, 0.6) is 0 Å². The Labute approximate surface area is 262 Å². The Bertz CT molecular complexity index is 1810. The van der Waals surface area contributed by atoms with Gasteiger partial charge in [-0.2, -0.15) is 13.2 Å². The van der Waals surface area contributed by atoms with Gasteiger partial charge in [-0.3, -0.25) is 14.4 Å². The number of imide groups is 1. The lowest BCUT2D eigenvalue weighted by molar-refractivity contribution is -0.137. The van der Waals surface area contributed by atoms with Crippen LogP contribution in [-0.4, -0.2) is 24.3 Å². The molecule has 45 heavy (non-hydrogen) atoms. The van der Waals surface area contributed by atoms with Crippen molar-refractivity contribution in [2.75, 3.05) is 16.3 Å². The minimum absolute atomic E-state index is 0.145. The van der Waals surface area contributed by atoms with E-state index in [9.17, 15) is 27.6 Å². The molecule has 6 nitrogen and oxygen atoms in total. The maximum absolute atomic E-state index is 14.1. The Morgan fingerprint density at radius 3 is 2.38 bits per heavy atom. The fraction of sp³-hybridized carbons (Fsp3) is 0.229. The average Bonchev–Trinajstić information content (AvgIpc) is 3.43. The van der Waals surface area contributed by atoms with Crippen LogP contribution in [0.3, 0.4) is 0 Å². The van der Waals surface area contributed by atoms with Gasteiger partial charge < -0.3 is 10.2 Å². The largest absolute Gasteiger partial charge is 0.416 e. The number of amides is 3. The van der Waals surface area contributed by atoms with Crippen molar-refractivity contribution in [2.24, 2.45) is 0 Å². The third-order valence-electron chi connectivity index (χ3n) is 8.08. The summed E-state index contributed by atoms with van der Waals surface area (Å²) in [5, 5.41) is 3.75. The number of fused-ring (bicyclic) bond motifs is 2. The molecule has 3 aromatic carbocycles. The summed E-state index contributed by atoms with van der Waals surface area (Å²) >= 11 is 1.52. The molecule has 0 radical (unpaired) electrons. The monoisotopic (exact) mass is 629 g/mol. The fourth-order valence-electron chi connectivity index (χ4n) is 5.84. The zero-order valence-electron chi connectivity index (χ0n) is 24.5. The van der Waals surface area contributed by atoms with Crippen LogP contribution in [0.15, 0.2) is 85.1 Å². The van der Waals surface area contributed by atoms with Crippen LogP contribution >= 0.6 is 11.3 Å². The summed E-state index contributed by atoms with van der Waals surface area (Å²) in [6, 6.07) is 20.4. The lowest BCUT2D eigenvalue weighted by Gasteiger charge is -2.30. The second-order valence-corrected chi connectivity index (χ2v) is 12.0. The molecule has 0 bridgehead atoms. The van der Waals surface area contributed by atoms with Crippen LogP contribution in [0, 0.1) is 0 Å². The molecule has 2 aliphatic rings. The minimum atomic E-state index is -4.65. The molecule has 1 N–H and O–H groups in total. The number of anilines is 2. The van der Waals surface area contributed by atoms with E-state index in [1.807, 2.05) is 42.2 Å². The summed E-state index contributed by atoms with van der Waals surface area (Å²) < 4.78 is 40.7. The lowest BCUT2D eigenvalue weighted by Crippen LogP contribution is -2.42. The number of nitrogens with one attached hydrogen (secondary N) is 1. The number of aryl methyl sites for hydroxylation is 1. The number of hydrogen-bond acceptors (Lipinski definition) is 5. The van der Waals surface area contributed by atoms with Gasteiger partial charge in [0, 0.05) is 35.3 Å². The predicted octanol–water partition coefficient (Wildman–Crippen LogP) is 7.63. The predicted molar refractivity (Wildman–Crippen MR) is 169 cm³/mol. The van der Waals surface area contributed by atoms with Gasteiger partial charge in [-0.25, -0.2) is 4.90 Å². The van der Waals surface area contributed by atoms with Crippen molar-refractivity contribution < 1.29 is 27.6 Å². The smallest absolute Gasteiger partial charge is 0.348 e. The molecular weight excluding hydrogens is 599 g/mol. The Kier molecular flexibility index (Phi) is 8.33. The van der Waals surface area contributed by atoms with Crippen molar-refractivity contribution in [2.45, 2.75) is 45.3 Å². The number of carbonyl (C=O) groups is 3. The number of carbonyl (C=O) groups excluding carboxylic acids is 3. The van der Waals surface area contributed by atoms with E-state index in [1.165, 1.54) is 23.5 Å². The van der Waals surface area contributed by atoms with E-state index >= 15 is 0 Å². The van der Waals surface area contributed by atoms with Gasteiger partial charge in [-0.15, -0.1) is 11.3 Å². The molecule has 4 aromatic rings. The number of nitrogens with zero attached hydrogens (tertiary/aromatic N) is 2. The number of benzene rings is 3. The third kappa shape index (κ3) is 5.90. The molecule has 0 saturated heterocycles. The van der Waals surface area contributed by atoms with Gasteiger partial charge in [0.25, 0.3) is 17.7 Å². The second kappa shape index (κ2) is 12.4. The summed E-state index contributed by atoms with van der Waals surface area (Å²) in [7, 11) is 0. The van der Waals surface area contributed by atoms with Crippen LogP contribution in [0.2, 0.25) is 0 Å². The topological polar surface area (TPSA) is 69.7 Å². The maximum Gasteiger partial charge on any atom is 0.416 e. The fourth-order valence-corrected chi connectivity index (χ4v) is 7.26. The second-order valence-electron chi connectivity index (χ2n) is 10.9. The molecule has 1 aromatic heterocycles. The molecule has 0 unspecified atom stereocenters. The number of halogens is 3. The van der Waals surface area contributed by atoms with Gasteiger partial charge in [-0.1, -0.05) is 54.6 Å². The van der Waals surface area contributed by atoms with Gasteiger partial charge in [0.1, 0.15) is 5.00 Å². The van der Waals surface area contributed by atoms with E-state index in [1.54, 1.807) is 30.5 Å². The van der Waals surface area contributed by atoms with Crippen LogP contribution in [0.4, 0.5) is 23.9 Å². The highest BCUT2D eigenvalue weighted by Crippen LogP contribution is 2.42. The van der Waals surface area contributed by atoms with E-state index in [4.69, 9.17) is 0 Å². The first-order chi connectivity index (χ1) is 21.7. The SMILES string of the molecule is CCN(/C=C1/C(=O)N(c2cccc(C(F)(F)F)c2)C(=O)c2ccccc21)c1sc2c(c1C(=O)NCc1ccccc1)CCCC2. The number of hydrogen-bond donors (Lipinski definition) is 1. The van der Waals surface area contributed by atoms with Crippen LogP contribution in [0.1, 0.15) is 67.6 Å². The van der Waals surface area contributed by atoms with E-state index < -0.39 is 23.6 Å². The lowest BCUT2D eigenvalue weighted by atomic mass is 9.93. The maximum atomic E-state index is 14.1. The van der Waals surface area contributed by atoms with Gasteiger partial charge in [0.05, 0.1) is 22.4 Å². The van der Waals surface area contributed by atoms with Crippen molar-refractivity contribution in [3.05, 3.63) is 123 Å². The molecule has 2 heterocycles. The summed E-state index contributed by atoms with van der Waals surface area (Å²) in [6.45, 7) is 2.65. The molecule has 230 valence electrons. The van der Waals surface area contributed by atoms with E-state index in [0.717, 1.165) is 58.7 Å². The van der Waals surface area contributed by atoms with E-state index in [2.05, 4.69) is 5.32 Å². The summed E-state index contributed by atoms with van der Waals surface area (Å²) in [4.78, 5) is 45.2. The first kappa shape index (κ1) is 30.3. The van der Waals surface area contributed by atoms with Gasteiger partial charge in [0.2, 0.25) is 0 Å². The highest BCUT2D eigenvalue weighted by Gasteiger charge is 2.38. The normalized spacial score (nSPS) is 15.6. The molecule has 0 spiro atoms. The molecule has 0 fully saturated rings. The number of thiophene rings is 1. The van der Waals surface area contributed by atoms with Gasteiger partial charge in [-0.05, 0) is 68.0 Å². The minimum Gasteiger partial charge on any atom is -0.348 e. The highest BCUT2D eigenvalue weighted by molar-refractivity contribution is 7.16. The first-order valence-corrected chi connectivity index (χ1v) is 15.6. The van der Waals surface area contributed by atoms with Crippen molar-refractivity contribution in [1.82, 2.24) is 5.32 Å². The number of rotatable bonds is 7. The van der Waals surface area contributed by atoms with Crippen LogP contribution in [0.25, 0.3) is 5.57 Å². The van der Waals surface area contributed by atoms with Crippen LogP contribution < -0.4 is 15.1 Å². The molecule has 1 aliphatic carbocycles. The zero-order valence-corrected chi connectivity index (χ0v) is 25.3. The van der Waals surface area contributed by atoms with Crippen LogP contribution in [-0.2, 0) is 30.4 Å². The van der Waals surface area contributed by atoms with Crippen molar-refractivity contribution in [1.29, 1.82) is 0 Å². The standard InChI is InChI=1S/C35H30F3N3O3S/c1-2-40(34-30(27-17-8-9-18-29(27)45-34)31(42)39-20-22-11-4-3-5-12-22)21-28-25-15-6-7-16-26(25)32(43)41(33(28)44)24-14-10-13-23(19-24)35(36,37)38/h3-7,10-16,19,21H,2,8-9,17-18,20H2,1H3,(H,39,42)/b28-21+. The van der Waals surface area contributed by atoms with Crippen molar-refractivity contribution >= 4 is 45.3 Å². The summed E-state index contributed by atoms with van der Waals surface area (Å²) in [6.07, 6.45) is 0.587. The molecule has 10 heteroatoms. The Morgan fingerprint density at radius 1 is 0.933 bits per heavy atom. The third-order valence-corrected chi connectivity index (χ3v) is 9.41. The molecule has 1 aliphatic heterocycles. The van der Waals surface area contributed by atoms with E-state index in [0.29, 0.717) is 29.2 Å². The molecule has 3 amide bonds. The zero-order chi connectivity index (χ0) is 31.7. The first-order valence-electron chi connectivity index (χ1n) is 14.8. The van der Waals surface area contributed by atoms with Gasteiger partial charge in [0.15, 0.2) is 0 Å².